The molecule has 0 aliphatic heterocycles. The van der Waals surface area contributed by atoms with Gasteiger partial charge in [0, 0.05) is 48.7 Å². The van der Waals surface area contributed by atoms with E-state index in [1.165, 1.54) is 19.3 Å². The van der Waals surface area contributed by atoms with Gasteiger partial charge in [-0.25, -0.2) is 4.39 Å². The van der Waals surface area contributed by atoms with Crippen LogP contribution in [0, 0.1) is 17.1 Å². The molecule has 8 nitrogen and oxygen atoms in total. The molecule has 220 valence electrons. The van der Waals surface area contributed by atoms with Crippen LogP contribution in [0.25, 0.3) is 11.1 Å². The molecule has 43 heavy (non-hydrogen) atoms. The summed E-state index contributed by atoms with van der Waals surface area (Å²) in [5.74, 6) is 0.222. The van der Waals surface area contributed by atoms with Crippen LogP contribution in [-0.4, -0.2) is 35.7 Å². The van der Waals surface area contributed by atoms with Crippen molar-refractivity contribution in [2.45, 2.75) is 38.1 Å². The van der Waals surface area contributed by atoms with Crippen molar-refractivity contribution in [3.05, 3.63) is 112 Å². The Kier molecular flexibility index (Phi) is 9.52. The lowest BCUT2D eigenvalue weighted by Gasteiger charge is -2.21. The van der Waals surface area contributed by atoms with Crippen LogP contribution >= 0.6 is 11.6 Å². The van der Waals surface area contributed by atoms with E-state index in [2.05, 4.69) is 21.7 Å². The van der Waals surface area contributed by atoms with E-state index in [1.807, 2.05) is 24.3 Å². The van der Waals surface area contributed by atoms with E-state index in [4.69, 9.17) is 21.1 Å². The highest BCUT2D eigenvalue weighted by Crippen LogP contribution is 2.43. The van der Waals surface area contributed by atoms with Crippen molar-refractivity contribution in [3.63, 3.8) is 0 Å². The predicted octanol–water partition coefficient (Wildman–Crippen LogP) is 5.25. The maximum Gasteiger partial charge on any atom is 0.239 e. The zero-order chi connectivity index (χ0) is 30.3. The van der Waals surface area contributed by atoms with Gasteiger partial charge in [-0.1, -0.05) is 48.0 Å². The van der Waals surface area contributed by atoms with Gasteiger partial charge in [0.25, 0.3) is 0 Å². The third-order valence-corrected chi connectivity index (χ3v) is 7.66. The molecule has 1 aromatic heterocycles. The van der Waals surface area contributed by atoms with Crippen molar-refractivity contribution in [3.8, 4) is 28.7 Å². The Morgan fingerprint density at radius 1 is 1.16 bits per heavy atom. The highest BCUT2D eigenvalue weighted by atomic mass is 35.5. The number of carbonyl (C=O) groups is 1. The zero-order valence-electron chi connectivity index (χ0n) is 23.4. The summed E-state index contributed by atoms with van der Waals surface area (Å²) in [6.07, 6.45) is 4.19. The average molecular weight is 601 g/mol. The van der Waals surface area contributed by atoms with Crippen LogP contribution in [0.1, 0.15) is 40.3 Å². The largest absolute Gasteiger partial charge is 0.488 e. The van der Waals surface area contributed by atoms with Gasteiger partial charge in [0.05, 0.1) is 17.2 Å². The van der Waals surface area contributed by atoms with Crippen LogP contribution in [-0.2, 0) is 24.4 Å². The van der Waals surface area contributed by atoms with E-state index in [-0.39, 0.29) is 31.0 Å². The maximum absolute atomic E-state index is 14.6. The van der Waals surface area contributed by atoms with Crippen molar-refractivity contribution < 1.29 is 23.8 Å². The number of ether oxygens (including phenoxy) is 2. The van der Waals surface area contributed by atoms with Gasteiger partial charge >= 0.3 is 0 Å². The smallest absolute Gasteiger partial charge is 0.239 e. The number of rotatable bonds is 11. The normalized spacial score (nSPS) is 14.4. The minimum atomic E-state index is -0.831. The monoisotopic (exact) mass is 600 g/mol. The van der Waals surface area contributed by atoms with Crippen LogP contribution in [0.2, 0.25) is 5.02 Å². The minimum Gasteiger partial charge on any atom is -0.488 e. The summed E-state index contributed by atoms with van der Waals surface area (Å²) in [7, 11) is 1.49. The Balaban J connectivity index is 1.43. The number of pyridine rings is 1. The molecule has 3 N–H and O–H groups in total. The second-order valence-corrected chi connectivity index (χ2v) is 10.5. The van der Waals surface area contributed by atoms with E-state index in [9.17, 15) is 19.6 Å². The molecule has 1 unspecified atom stereocenters. The Morgan fingerprint density at radius 2 is 1.98 bits per heavy atom. The fourth-order valence-electron chi connectivity index (χ4n) is 5.20. The summed E-state index contributed by atoms with van der Waals surface area (Å²) >= 11 is 6.72. The molecule has 0 saturated heterocycles. The van der Waals surface area contributed by atoms with Gasteiger partial charge in [-0.05, 0) is 47.7 Å². The number of nitrogens with one attached hydrogen (secondary N) is 2. The first kappa shape index (κ1) is 30.0. The number of likely N-dealkylation sites (N-methyl/N-ethyl adjacent to an activating group) is 1. The number of nitrogens with zero attached hydrogens (tertiary/aromatic N) is 2. The van der Waals surface area contributed by atoms with Crippen molar-refractivity contribution >= 4 is 17.5 Å². The summed E-state index contributed by atoms with van der Waals surface area (Å²) in [5.41, 5.74) is 5.16. The van der Waals surface area contributed by atoms with Gasteiger partial charge in [-0.15, -0.1) is 0 Å². The molecule has 0 radical (unpaired) electrons. The molecule has 3 aromatic carbocycles. The lowest BCUT2D eigenvalue weighted by atomic mass is 9.96. The van der Waals surface area contributed by atoms with E-state index >= 15 is 0 Å². The SMILES string of the molecule is CNC(=O)C(CO)NCc1cc(Cl)c(O[C@H]2CCc3c(-c4ccccc4F)cccc32)cc1OCc1cncc(C#N)c1. The average Bonchev–Trinajstić information content (AvgIpc) is 3.44. The first-order valence-electron chi connectivity index (χ1n) is 13.8. The number of aliphatic hydroxyl groups is 1. The molecule has 1 aliphatic rings. The van der Waals surface area contributed by atoms with Crippen LogP contribution in [0.15, 0.2) is 73.1 Å². The first-order valence-corrected chi connectivity index (χ1v) is 14.2. The van der Waals surface area contributed by atoms with Crippen LogP contribution in [0.3, 0.4) is 0 Å². The summed E-state index contributed by atoms with van der Waals surface area (Å²) in [6.45, 7) is -0.107. The topological polar surface area (TPSA) is 116 Å². The van der Waals surface area contributed by atoms with Crippen LogP contribution in [0.4, 0.5) is 4.39 Å². The van der Waals surface area contributed by atoms with Crippen molar-refractivity contribution in [2.24, 2.45) is 0 Å². The Bertz CT molecular complexity index is 1680. The Labute approximate surface area is 254 Å². The molecule has 1 amide bonds. The third-order valence-electron chi connectivity index (χ3n) is 7.37. The molecular formula is C33H30ClFN4O4. The summed E-state index contributed by atoms with van der Waals surface area (Å²) in [4.78, 5) is 16.2. The molecule has 0 bridgehead atoms. The molecule has 1 heterocycles. The molecule has 4 aromatic rings. The van der Waals surface area contributed by atoms with E-state index in [0.717, 1.165) is 23.1 Å². The number of nitriles is 1. The number of fused-ring (bicyclic) bond motifs is 1. The third kappa shape index (κ3) is 6.78. The van der Waals surface area contributed by atoms with Gasteiger partial charge in [0.1, 0.15) is 42.1 Å². The first-order chi connectivity index (χ1) is 20.9. The second kappa shape index (κ2) is 13.7. The second-order valence-electron chi connectivity index (χ2n) is 10.1. The van der Waals surface area contributed by atoms with E-state index < -0.39 is 12.6 Å². The molecule has 0 fully saturated rings. The van der Waals surface area contributed by atoms with Crippen molar-refractivity contribution in [2.75, 3.05) is 13.7 Å². The number of hydrogen-bond acceptors (Lipinski definition) is 7. The Morgan fingerprint density at radius 3 is 2.74 bits per heavy atom. The van der Waals surface area contributed by atoms with Crippen LogP contribution < -0.4 is 20.1 Å². The molecule has 2 atom stereocenters. The fraction of sp³-hybridized carbons (Fsp3) is 0.242. The van der Waals surface area contributed by atoms with Crippen molar-refractivity contribution in [1.82, 2.24) is 15.6 Å². The summed E-state index contributed by atoms with van der Waals surface area (Å²) in [6, 6.07) is 18.9. The van der Waals surface area contributed by atoms with E-state index in [0.29, 0.717) is 45.2 Å². The predicted molar refractivity (Wildman–Crippen MR) is 160 cm³/mol. The lowest BCUT2D eigenvalue weighted by Crippen LogP contribution is -2.45. The number of aromatic nitrogens is 1. The molecule has 1 aliphatic carbocycles. The Hall–Kier alpha value is -4.49. The molecule has 10 heteroatoms. The number of benzene rings is 3. The van der Waals surface area contributed by atoms with Gasteiger partial charge in [0.2, 0.25) is 5.91 Å². The van der Waals surface area contributed by atoms with Gasteiger partial charge in [-0.2, -0.15) is 5.26 Å². The number of halogens is 2. The molecular weight excluding hydrogens is 571 g/mol. The standard InChI is InChI=1S/C33H30ClFN4O4/c1-37-33(41)29(18-40)39-17-22-12-27(34)32(13-31(22)42-19-21-11-20(14-36)15-38-16-21)43-30-10-9-24-23(6-4-7-26(24)30)25-5-2-3-8-28(25)35/h2-8,11-13,15-16,29-30,39-40H,9-10,17-19H2,1H3,(H,37,41)/t29?,30-/m0/s1. The minimum absolute atomic E-state index is 0.119. The van der Waals surface area contributed by atoms with Gasteiger partial charge in [0.15, 0.2) is 0 Å². The number of hydrogen-bond donors (Lipinski definition) is 3. The lowest BCUT2D eigenvalue weighted by molar-refractivity contribution is -0.123. The highest BCUT2D eigenvalue weighted by Gasteiger charge is 2.28. The maximum atomic E-state index is 14.6. The highest BCUT2D eigenvalue weighted by molar-refractivity contribution is 6.32. The van der Waals surface area contributed by atoms with Gasteiger partial charge < -0.3 is 19.9 Å². The van der Waals surface area contributed by atoms with Crippen LogP contribution in [0.5, 0.6) is 11.5 Å². The molecule has 0 spiro atoms. The van der Waals surface area contributed by atoms with Crippen molar-refractivity contribution in [1.29, 1.82) is 5.26 Å². The van der Waals surface area contributed by atoms with E-state index in [1.54, 1.807) is 36.5 Å². The number of aliphatic hydroxyl groups excluding tert-OH is 1. The summed E-state index contributed by atoms with van der Waals surface area (Å²) < 4.78 is 27.3. The number of carbonyl (C=O) groups excluding carboxylic acids is 1. The quantitative estimate of drug-likeness (QED) is 0.215. The fourth-order valence-corrected chi connectivity index (χ4v) is 5.43. The number of amides is 1. The van der Waals surface area contributed by atoms with Gasteiger partial charge in [-0.3, -0.25) is 15.1 Å². The molecule has 0 saturated carbocycles. The molecule has 5 rings (SSSR count). The summed E-state index contributed by atoms with van der Waals surface area (Å²) in [5, 5.41) is 24.8. The zero-order valence-corrected chi connectivity index (χ0v) is 24.2.